The molecule has 0 saturated heterocycles. The molecule has 15 nitrogen and oxygen atoms in total. The van der Waals surface area contributed by atoms with Crippen molar-refractivity contribution in [3.05, 3.63) is 152 Å². The molecule has 0 saturated carbocycles. The van der Waals surface area contributed by atoms with E-state index in [2.05, 4.69) is 195 Å². The second-order valence-electron chi connectivity index (χ2n) is 22.6. The zero-order chi connectivity index (χ0) is 62.2. The number of imidazole rings is 2. The number of aromatic nitrogens is 4. The molecule has 2 unspecified atom stereocenters. The number of benzene rings is 6. The van der Waals surface area contributed by atoms with Crippen molar-refractivity contribution >= 4 is 76.9 Å². The predicted octanol–water partition coefficient (Wildman–Crippen LogP) is 14.6. The standard InChI is InChI=1S/C35H45BrN4O3.C34H43BrN4O4/c1-7-15-39(16-8-2)29-12-9-26(10-13-29)35-38-32-20-27(11-14-33(32)40(35)23(3)4)31(17-24(5)42)37-21-25-18-28(22-41)34(43-6)30(36)19-25;1-6-13-38(14-15-40)28-10-7-25(8-11-28)34-37-31-19-26(9-12-32(31)39(34)22(2)3)30(16-23(4)42)36-20-24-17-27(21-41)33(43-5)29(35)18-24/h9-14,18-20,23,31,37,41H,7-8,15-17,21-22H2,1-6H3;7-12,17-19,22,30,36,40-41H,6,13-16,20-21H2,1-5H3. The monoisotopic (exact) mass is 1300 g/mol. The highest BCUT2D eigenvalue weighted by Gasteiger charge is 2.23. The molecule has 0 fully saturated rings. The maximum atomic E-state index is 12.3. The lowest BCUT2D eigenvalue weighted by atomic mass is 10.0. The van der Waals surface area contributed by atoms with E-state index in [4.69, 9.17) is 19.4 Å². The number of methoxy groups -OCH3 is 2. The van der Waals surface area contributed by atoms with Gasteiger partial charge in [-0.1, -0.05) is 32.9 Å². The Morgan fingerprint density at radius 3 is 1.23 bits per heavy atom. The minimum Gasteiger partial charge on any atom is -0.495 e. The summed E-state index contributed by atoms with van der Waals surface area (Å²) in [5.74, 6) is 3.29. The Hall–Kier alpha value is -6.44. The van der Waals surface area contributed by atoms with Crippen LogP contribution in [-0.4, -0.2) is 93.0 Å². The predicted molar refractivity (Wildman–Crippen MR) is 356 cm³/mol. The Labute approximate surface area is 525 Å². The molecule has 0 aliphatic carbocycles. The van der Waals surface area contributed by atoms with Crippen LogP contribution < -0.4 is 29.9 Å². The van der Waals surface area contributed by atoms with Crippen molar-refractivity contribution in [3.63, 3.8) is 0 Å². The quantitative estimate of drug-likeness (QED) is 0.0287. The van der Waals surface area contributed by atoms with Gasteiger partial charge < -0.3 is 54.4 Å². The van der Waals surface area contributed by atoms with E-state index in [1.54, 1.807) is 28.1 Å². The summed E-state index contributed by atoms with van der Waals surface area (Å²) in [7, 11) is 3.17. The second-order valence-corrected chi connectivity index (χ2v) is 24.3. The second kappa shape index (κ2) is 32.0. The molecule has 0 bridgehead atoms. The van der Waals surface area contributed by atoms with Crippen LogP contribution in [0, 0.1) is 0 Å². The van der Waals surface area contributed by atoms with Crippen LogP contribution in [0.4, 0.5) is 11.4 Å². The van der Waals surface area contributed by atoms with Crippen molar-refractivity contribution in [3.8, 4) is 34.3 Å². The van der Waals surface area contributed by atoms with Gasteiger partial charge in [0.1, 0.15) is 34.7 Å². The third-order valence-electron chi connectivity index (χ3n) is 15.3. The van der Waals surface area contributed by atoms with Crippen molar-refractivity contribution in [2.45, 2.75) is 145 Å². The molecule has 86 heavy (non-hydrogen) atoms. The van der Waals surface area contributed by atoms with Crippen LogP contribution in [0.2, 0.25) is 0 Å². The van der Waals surface area contributed by atoms with E-state index in [1.807, 2.05) is 24.3 Å². The highest BCUT2D eigenvalue weighted by Crippen LogP contribution is 2.37. The van der Waals surface area contributed by atoms with E-state index >= 15 is 0 Å². The molecule has 460 valence electrons. The molecule has 6 aromatic carbocycles. The molecule has 17 heteroatoms. The summed E-state index contributed by atoms with van der Waals surface area (Å²) in [5.41, 5.74) is 13.7. The Morgan fingerprint density at radius 1 is 0.547 bits per heavy atom. The van der Waals surface area contributed by atoms with Crippen LogP contribution in [0.15, 0.2) is 118 Å². The number of hydrogen-bond donors (Lipinski definition) is 5. The number of carbonyl (C=O) groups excluding carboxylic acids is 2. The fourth-order valence-electron chi connectivity index (χ4n) is 11.4. The van der Waals surface area contributed by atoms with Crippen LogP contribution in [0.1, 0.15) is 152 Å². The number of halogens is 2. The average molecular weight is 1300 g/mol. The first kappa shape index (κ1) is 67.1. The van der Waals surface area contributed by atoms with Crippen LogP contribution >= 0.6 is 31.9 Å². The molecule has 0 spiro atoms. The number of carbonyl (C=O) groups is 2. The van der Waals surface area contributed by atoms with Crippen molar-refractivity contribution in [1.82, 2.24) is 29.7 Å². The van der Waals surface area contributed by atoms with Gasteiger partial charge in [0.2, 0.25) is 0 Å². The van der Waals surface area contributed by atoms with Gasteiger partial charge in [0, 0.05) is 110 Å². The number of nitrogens with zero attached hydrogens (tertiary/aromatic N) is 6. The van der Waals surface area contributed by atoms with E-state index in [0.717, 1.165) is 121 Å². The average Bonchev–Trinajstić information content (AvgIpc) is 2.45. The maximum absolute atomic E-state index is 12.3. The van der Waals surface area contributed by atoms with Gasteiger partial charge in [-0.2, -0.15) is 0 Å². The van der Waals surface area contributed by atoms with Crippen LogP contribution in [0.5, 0.6) is 11.5 Å². The van der Waals surface area contributed by atoms with Crippen LogP contribution in [-0.2, 0) is 35.9 Å². The number of nitrogens with one attached hydrogen (secondary N) is 2. The molecule has 0 aliphatic rings. The van der Waals surface area contributed by atoms with Gasteiger partial charge in [0.25, 0.3) is 0 Å². The number of ether oxygens (including phenoxy) is 2. The number of anilines is 2. The fourth-order valence-corrected chi connectivity index (χ4v) is 12.8. The normalized spacial score (nSPS) is 12.2. The van der Waals surface area contributed by atoms with Crippen molar-refractivity contribution in [2.24, 2.45) is 0 Å². The lowest BCUT2D eigenvalue weighted by Crippen LogP contribution is -2.27. The number of aliphatic hydroxyl groups is 3. The number of hydrogen-bond acceptors (Lipinski definition) is 13. The van der Waals surface area contributed by atoms with Gasteiger partial charge >= 0.3 is 0 Å². The molecule has 2 aromatic heterocycles. The fraction of sp³-hybridized carbons (Fsp3) is 0.420. The Bertz CT molecular complexity index is 3280. The van der Waals surface area contributed by atoms with E-state index in [1.165, 1.54) is 5.69 Å². The maximum Gasteiger partial charge on any atom is 0.141 e. The molecule has 0 amide bonds. The number of ketones is 2. The summed E-state index contributed by atoms with van der Waals surface area (Å²) < 4.78 is 16.9. The molecular formula is C69H88Br2N8O7. The van der Waals surface area contributed by atoms with Gasteiger partial charge in [-0.15, -0.1) is 0 Å². The van der Waals surface area contributed by atoms with E-state index in [9.17, 15) is 24.9 Å². The van der Waals surface area contributed by atoms with E-state index < -0.39 is 0 Å². The molecule has 0 aliphatic heterocycles. The summed E-state index contributed by atoms with van der Waals surface area (Å²) in [6, 6.07) is 37.6. The minimum atomic E-state index is -0.205. The van der Waals surface area contributed by atoms with Crippen molar-refractivity contribution < 1.29 is 34.4 Å². The summed E-state index contributed by atoms with van der Waals surface area (Å²) in [6.45, 7) is 23.0. The molecule has 8 rings (SSSR count). The topological polar surface area (TPSA) is 179 Å². The number of Topliss-reactive ketones (excluding diaryl/α,β-unsaturated/α-hetero) is 2. The van der Waals surface area contributed by atoms with Crippen LogP contribution in [0.25, 0.3) is 44.8 Å². The SMILES string of the molecule is CCCN(CCC)c1ccc(-c2nc3cc(C(CC(C)=O)NCc4cc(Br)c(OC)c(CO)c4)ccc3n2C(C)C)cc1.CCCN(CCO)c1ccc(-c2nc3cc(C(CC(C)=O)NCc4cc(Br)c(OC)c(CO)c4)ccc3n2C(C)C)cc1. The first-order chi connectivity index (χ1) is 41.4. The molecule has 2 atom stereocenters. The lowest BCUT2D eigenvalue weighted by molar-refractivity contribution is -0.118. The number of fused-ring (bicyclic) bond motifs is 2. The summed E-state index contributed by atoms with van der Waals surface area (Å²) in [6.07, 6.45) is 3.95. The first-order valence-corrected chi connectivity index (χ1v) is 31.7. The first-order valence-electron chi connectivity index (χ1n) is 30.1. The van der Waals surface area contributed by atoms with E-state index in [0.29, 0.717) is 55.1 Å². The third kappa shape index (κ3) is 16.6. The zero-order valence-electron chi connectivity index (χ0n) is 52.0. The highest BCUT2D eigenvalue weighted by molar-refractivity contribution is 9.11. The Morgan fingerprint density at radius 2 is 0.919 bits per heavy atom. The largest absolute Gasteiger partial charge is 0.495 e. The molecule has 8 aromatic rings. The Kier molecular flexibility index (Phi) is 24.9. The van der Waals surface area contributed by atoms with Crippen LogP contribution in [0.3, 0.4) is 0 Å². The number of rotatable bonds is 30. The van der Waals surface area contributed by atoms with Gasteiger partial charge in [-0.25, -0.2) is 9.97 Å². The smallest absolute Gasteiger partial charge is 0.141 e. The zero-order valence-corrected chi connectivity index (χ0v) is 55.2. The molecule has 0 radical (unpaired) electrons. The van der Waals surface area contributed by atoms with Gasteiger partial charge in [-0.05, 0) is 212 Å². The summed E-state index contributed by atoms with van der Waals surface area (Å²) in [5, 5.41) is 36.3. The van der Waals surface area contributed by atoms with Gasteiger partial charge in [0.15, 0.2) is 0 Å². The summed E-state index contributed by atoms with van der Waals surface area (Å²) in [4.78, 5) is 39.5. The lowest BCUT2D eigenvalue weighted by Gasteiger charge is -2.24. The number of aliphatic hydroxyl groups excluding tert-OH is 3. The third-order valence-corrected chi connectivity index (χ3v) is 16.5. The summed E-state index contributed by atoms with van der Waals surface area (Å²) >= 11 is 7.09. The minimum absolute atomic E-state index is 0.0939. The highest BCUT2D eigenvalue weighted by atomic mass is 79.9. The molecule has 5 N–H and O–H groups in total. The van der Waals surface area contributed by atoms with Crippen molar-refractivity contribution in [2.75, 3.05) is 56.8 Å². The Balaban J connectivity index is 0.000000246. The van der Waals surface area contributed by atoms with Gasteiger partial charge in [-0.3, -0.25) is 9.59 Å². The molecule has 2 heterocycles. The van der Waals surface area contributed by atoms with Gasteiger partial charge in [0.05, 0.1) is 65.1 Å². The molecular weight excluding hydrogens is 1210 g/mol. The van der Waals surface area contributed by atoms with E-state index in [-0.39, 0.29) is 55.6 Å². The van der Waals surface area contributed by atoms with Crippen molar-refractivity contribution in [1.29, 1.82) is 0 Å².